The Bertz CT molecular complexity index is 1500. The molecule has 0 aliphatic heterocycles. The Morgan fingerprint density at radius 2 is 1.76 bits per heavy atom. The summed E-state index contributed by atoms with van der Waals surface area (Å²) in [7, 11) is 1.41. The van der Waals surface area contributed by atoms with Gasteiger partial charge in [0.15, 0.2) is 0 Å². The summed E-state index contributed by atoms with van der Waals surface area (Å²) in [6.07, 6.45) is -3.39. The van der Waals surface area contributed by atoms with Crippen LogP contribution in [0.15, 0.2) is 71.7 Å². The van der Waals surface area contributed by atoms with E-state index in [-0.39, 0.29) is 11.4 Å². The Morgan fingerprint density at radius 1 is 1.11 bits per heavy atom. The first kappa shape index (κ1) is 25.8. The number of alkyl halides is 3. The molecule has 2 N–H and O–H groups in total. The van der Waals surface area contributed by atoms with Crippen LogP contribution >= 0.6 is 11.6 Å². The van der Waals surface area contributed by atoms with Crippen LogP contribution in [0.4, 0.5) is 13.2 Å². The first-order valence-electron chi connectivity index (χ1n) is 10.8. The fraction of sp³-hybridized carbons (Fsp3) is 0.160. The number of amides is 1. The molecule has 0 fully saturated rings. The van der Waals surface area contributed by atoms with Crippen molar-refractivity contribution < 1.29 is 27.8 Å². The van der Waals surface area contributed by atoms with E-state index in [4.69, 9.17) is 11.6 Å². The van der Waals surface area contributed by atoms with Crippen LogP contribution in [0.1, 0.15) is 17.3 Å². The van der Waals surface area contributed by atoms with Gasteiger partial charge in [-0.05, 0) is 61.0 Å². The van der Waals surface area contributed by atoms with Crippen molar-refractivity contribution in [3.63, 3.8) is 0 Å². The first-order valence-corrected chi connectivity index (χ1v) is 11.2. The number of ether oxygens (including phenoxy) is 1. The number of aromatic nitrogens is 3. The van der Waals surface area contributed by atoms with E-state index in [1.807, 2.05) is 0 Å². The third-order valence-corrected chi connectivity index (χ3v) is 5.87. The summed E-state index contributed by atoms with van der Waals surface area (Å²) in [6.45, 7) is 1.45. The van der Waals surface area contributed by atoms with Crippen LogP contribution in [0.25, 0.3) is 16.9 Å². The Labute approximate surface area is 213 Å². The minimum absolute atomic E-state index is 0.0686. The lowest BCUT2D eigenvalue weighted by Crippen LogP contribution is -2.37. The predicted octanol–water partition coefficient (Wildman–Crippen LogP) is 4.60. The van der Waals surface area contributed by atoms with Crippen molar-refractivity contribution >= 4 is 17.5 Å². The second kappa shape index (κ2) is 10.0. The molecule has 0 spiro atoms. The molecule has 12 heteroatoms. The predicted molar refractivity (Wildman–Crippen MR) is 130 cm³/mol. The van der Waals surface area contributed by atoms with E-state index < -0.39 is 35.6 Å². The summed E-state index contributed by atoms with van der Waals surface area (Å²) in [5.74, 6) is -1.50. The molecule has 0 aliphatic carbocycles. The number of nitrogens with zero attached hydrogens (tertiary/aromatic N) is 3. The summed E-state index contributed by atoms with van der Waals surface area (Å²) in [6, 6.07) is 13.3. The van der Waals surface area contributed by atoms with Gasteiger partial charge < -0.3 is 15.2 Å². The number of carbonyl (C=O) groups is 1. The van der Waals surface area contributed by atoms with Gasteiger partial charge in [0.05, 0.1) is 17.1 Å². The highest BCUT2D eigenvalue weighted by atomic mass is 35.5. The van der Waals surface area contributed by atoms with Crippen molar-refractivity contribution in [3.8, 4) is 28.6 Å². The van der Waals surface area contributed by atoms with Gasteiger partial charge >= 0.3 is 12.1 Å². The second-order valence-electron chi connectivity index (χ2n) is 7.94. The molecule has 4 rings (SSSR count). The summed E-state index contributed by atoms with van der Waals surface area (Å²) in [5.41, 5.74) is 1.03. The molecule has 0 bridgehead atoms. The number of carbonyl (C=O) groups excluding carboxylic acids is 1. The standard InChI is InChI=1S/C25H20ClF3N4O4/c1-14-23(35)33(18-7-9-19(10-8-18)37-25(27,28)29)24(36)32(14)21(22(34)30-2)16-11-12-31-20(13-16)15-3-5-17(26)6-4-15/h3-13,21,35H,1-2H3,(H,30,34). The molecule has 4 aromatic rings. The van der Waals surface area contributed by atoms with Crippen molar-refractivity contribution in [1.29, 1.82) is 0 Å². The number of pyridine rings is 1. The van der Waals surface area contributed by atoms with Crippen LogP contribution in [-0.4, -0.2) is 38.5 Å². The largest absolute Gasteiger partial charge is 0.573 e. The van der Waals surface area contributed by atoms with Crippen LogP contribution in [0.3, 0.4) is 0 Å². The zero-order chi connectivity index (χ0) is 26.9. The zero-order valence-electron chi connectivity index (χ0n) is 19.5. The maximum absolute atomic E-state index is 13.5. The molecule has 1 atom stereocenters. The maximum atomic E-state index is 13.5. The zero-order valence-corrected chi connectivity index (χ0v) is 20.2. The average Bonchev–Trinajstić information content (AvgIpc) is 3.07. The lowest BCUT2D eigenvalue weighted by molar-refractivity contribution is -0.274. The van der Waals surface area contributed by atoms with E-state index in [2.05, 4.69) is 15.0 Å². The number of nitrogens with one attached hydrogen (secondary N) is 1. The number of imidazole rings is 1. The lowest BCUT2D eigenvalue weighted by Gasteiger charge is -2.19. The summed E-state index contributed by atoms with van der Waals surface area (Å²) < 4.78 is 43.3. The number of likely N-dealkylation sites (N-methyl/N-ethyl adjacent to an activating group) is 1. The van der Waals surface area contributed by atoms with Crippen LogP contribution in [0, 0.1) is 6.92 Å². The summed E-state index contributed by atoms with van der Waals surface area (Å²) in [5, 5.41) is 13.9. The van der Waals surface area contributed by atoms with Crippen molar-refractivity contribution in [2.75, 3.05) is 7.05 Å². The number of aromatic hydroxyl groups is 1. The van der Waals surface area contributed by atoms with Gasteiger partial charge in [-0.15, -0.1) is 13.2 Å². The van der Waals surface area contributed by atoms with E-state index in [1.54, 1.807) is 36.4 Å². The Kier molecular flexibility index (Phi) is 6.99. The van der Waals surface area contributed by atoms with Gasteiger partial charge in [0, 0.05) is 23.8 Å². The molecule has 1 amide bonds. The van der Waals surface area contributed by atoms with E-state index in [0.29, 0.717) is 16.3 Å². The van der Waals surface area contributed by atoms with Crippen molar-refractivity contribution in [2.24, 2.45) is 0 Å². The van der Waals surface area contributed by atoms with E-state index in [1.165, 1.54) is 32.3 Å². The molecular weight excluding hydrogens is 513 g/mol. The van der Waals surface area contributed by atoms with E-state index in [9.17, 15) is 27.9 Å². The monoisotopic (exact) mass is 532 g/mol. The topological polar surface area (TPSA) is 98.4 Å². The highest BCUT2D eigenvalue weighted by Crippen LogP contribution is 2.30. The highest BCUT2D eigenvalue weighted by molar-refractivity contribution is 6.30. The average molecular weight is 533 g/mol. The van der Waals surface area contributed by atoms with Crippen molar-refractivity contribution in [1.82, 2.24) is 19.4 Å². The molecular formula is C25H20ClF3N4O4. The molecule has 0 radical (unpaired) electrons. The van der Waals surface area contributed by atoms with Crippen molar-refractivity contribution in [3.05, 3.63) is 93.6 Å². The number of hydrogen-bond acceptors (Lipinski definition) is 5. The molecule has 2 aromatic heterocycles. The Morgan fingerprint density at radius 3 is 2.35 bits per heavy atom. The van der Waals surface area contributed by atoms with Gasteiger partial charge in [0.25, 0.3) is 0 Å². The number of benzene rings is 2. The molecule has 1 unspecified atom stereocenters. The van der Waals surface area contributed by atoms with Crippen molar-refractivity contribution in [2.45, 2.75) is 19.3 Å². The third kappa shape index (κ3) is 5.31. The highest BCUT2D eigenvalue weighted by Gasteiger charge is 2.32. The molecule has 8 nitrogen and oxygen atoms in total. The van der Waals surface area contributed by atoms with Crippen LogP contribution in [0.5, 0.6) is 11.6 Å². The van der Waals surface area contributed by atoms with Crippen LogP contribution in [-0.2, 0) is 4.79 Å². The van der Waals surface area contributed by atoms with E-state index in [0.717, 1.165) is 26.8 Å². The third-order valence-electron chi connectivity index (χ3n) is 5.62. The smallest absolute Gasteiger partial charge is 0.493 e. The second-order valence-corrected chi connectivity index (χ2v) is 8.37. The van der Waals surface area contributed by atoms with Gasteiger partial charge in [-0.25, -0.2) is 9.36 Å². The molecule has 192 valence electrons. The normalized spacial score (nSPS) is 12.3. The molecule has 2 heterocycles. The Balaban J connectivity index is 1.81. The number of halogens is 4. The number of hydrogen-bond donors (Lipinski definition) is 2. The van der Waals surface area contributed by atoms with E-state index >= 15 is 0 Å². The minimum atomic E-state index is -4.88. The SMILES string of the molecule is CNC(=O)C(c1ccnc(-c2ccc(Cl)cc2)c1)n1c(C)c(O)n(-c2ccc(OC(F)(F)F)cc2)c1=O. The lowest BCUT2D eigenvalue weighted by atomic mass is 10.0. The molecule has 0 saturated carbocycles. The van der Waals surface area contributed by atoms with Crippen LogP contribution in [0.2, 0.25) is 5.02 Å². The quantitative estimate of drug-likeness (QED) is 0.378. The summed E-state index contributed by atoms with van der Waals surface area (Å²) >= 11 is 5.97. The van der Waals surface area contributed by atoms with Gasteiger partial charge in [-0.1, -0.05) is 23.7 Å². The fourth-order valence-electron chi connectivity index (χ4n) is 3.89. The van der Waals surface area contributed by atoms with Gasteiger partial charge in [0.1, 0.15) is 11.8 Å². The molecule has 0 aliphatic rings. The van der Waals surface area contributed by atoms with Crippen LogP contribution < -0.4 is 15.7 Å². The molecule has 0 saturated heterocycles. The Hall–Kier alpha value is -4.25. The van der Waals surface area contributed by atoms with Gasteiger partial charge in [-0.3, -0.25) is 14.3 Å². The number of rotatable bonds is 6. The molecule has 2 aromatic carbocycles. The molecule has 37 heavy (non-hydrogen) atoms. The first-order chi connectivity index (χ1) is 17.5. The van der Waals surface area contributed by atoms with Gasteiger partial charge in [-0.2, -0.15) is 0 Å². The fourth-order valence-corrected chi connectivity index (χ4v) is 4.02. The minimum Gasteiger partial charge on any atom is -0.493 e. The maximum Gasteiger partial charge on any atom is 0.573 e. The summed E-state index contributed by atoms with van der Waals surface area (Å²) in [4.78, 5) is 30.9. The van der Waals surface area contributed by atoms with Gasteiger partial charge in [0.2, 0.25) is 11.8 Å².